The van der Waals surface area contributed by atoms with Gasteiger partial charge in [-0.15, -0.1) is 0 Å². The van der Waals surface area contributed by atoms with Gasteiger partial charge in [0, 0.05) is 6.42 Å². The fourth-order valence-electron chi connectivity index (χ4n) is 2.76. The molecule has 1 heterocycles. The maximum atomic E-state index is 12.4. The number of furan rings is 1. The first-order valence-corrected chi connectivity index (χ1v) is 9.51. The Morgan fingerprint density at radius 2 is 1.67 bits per heavy atom. The maximum absolute atomic E-state index is 12.4. The second-order valence-electron chi connectivity index (χ2n) is 6.50. The molecule has 0 aliphatic heterocycles. The second kappa shape index (κ2) is 10.6. The van der Waals surface area contributed by atoms with Gasteiger partial charge >= 0.3 is 5.97 Å². The summed E-state index contributed by atoms with van der Waals surface area (Å²) < 4.78 is 10.2. The Kier molecular flexibility index (Phi) is 7.38. The van der Waals surface area contributed by atoms with Crippen molar-refractivity contribution in [2.45, 2.75) is 19.4 Å². The molecule has 1 aromatic heterocycles. The molecule has 0 unspecified atom stereocenters. The van der Waals surface area contributed by atoms with Crippen molar-refractivity contribution in [1.29, 1.82) is 0 Å². The first kappa shape index (κ1) is 20.9. The number of esters is 1. The van der Waals surface area contributed by atoms with Gasteiger partial charge in [0.05, 0.1) is 24.1 Å². The molecule has 0 radical (unpaired) electrons. The number of para-hydroxylation sites is 1. The van der Waals surface area contributed by atoms with E-state index in [4.69, 9.17) is 9.15 Å². The van der Waals surface area contributed by atoms with Crippen LogP contribution in [-0.2, 0) is 27.3 Å². The number of carbonyl (C=O) groups is 3. The van der Waals surface area contributed by atoms with Gasteiger partial charge in [-0.25, -0.2) is 0 Å². The summed E-state index contributed by atoms with van der Waals surface area (Å²) in [4.78, 5) is 36.5. The number of carbonyl (C=O) groups excluding carboxylic acids is 3. The van der Waals surface area contributed by atoms with Crippen LogP contribution in [0.5, 0.6) is 0 Å². The van der Waals surface area contributed by atoms with Gasteiger partial charge in [0.15, 0.2) is 6.61 Å². The molecule has 3 aromatic rings. The molecule has 2 amide bonds. The number of nitrogens with one attached hydrogen (secondary N) is 2. The molecule has 30 heavy (non-hydrogen) atoms. The van der Waals surface area contributed by atoms with Gasteiger partial charge in [-0.3, -0.25) is 14.4 Å². The predicted molar refractivity (Wildman–Crippen MR) is 111 cm³/mol. The van der Waals surface area contributed by atoms with Crippen LogP contribution in [-0.4, -0.2) is 24.4 Å². The van der Waals surface area contributed by atoms with Crippen molar-refractivity contribution >= 4 is 23.5 Å². The zero-order valence-corrected chi connectivity index (χ0v) is 16.3. The largest absolute Gasteiger partial charge is 0.467 e. The Balaban J connectivity index is 1.47. The van der Waals surface area contributed by atoms with Crippen molar-refractivity contribution in [3.8, 4) is 0 Å². The highest BCUT2D eigenvalue weighted by Crippen LogP contribution is 2.15. The zero-order valence-electron chi connectivity index (χ0n) is 16.3. The number of hydrogen-bond acceptors (Lipinski definition) is 5. The zero-order chi connectivity index (χ0) is 21.2. The van der Waals surface area contributed by atoms with Gasteiger partial charge in [-0.05, 0) is 36.2 Å². The molecule has 0 atom stereocenters. The van der Waals surface area contributed by atoms with E-state index in [1.54, 1.807) is 36.4 Å². The lowest BCUT2D eigenvalue weighted by molar-refractivity contribution is -0.147. The average Bonchev–Trinajstić information content (AvgIpc) is 3.29. The van der Waals surface area contributed by atoms with E-state index in [2.05, 4.69) is 10.6 Å². The van der Waals surface area contributed by atoms with Crippen LogP contribution in [0.15, 0.2) is 77.4 Å². The molecule has 7 heteroatoms. The Morgan fingerprint density at radius 1 is 0.900 bits per heavy atom. The van der Waals surface area contributed by atoms with Crippen LogP contribution in [0.25, 0.3) is 0 Å². The third-order valence-corrected chi connectivity index (χ3v) is 4.27. The van der Waals surface area contributed by atoms with Gasteiger partial charge in [0.2, 0.25) is 0 Å². The van der Waals surface area contributed by atoms with E-state index in [0.29, 0.717) is 23.4 Å². The van der Waals surface area contributed by atoms with Gasteiger partial charge in [-0.1, -0.05) is 42.5 Å². The second-order valence-corrected chi connectivity index (χ2v) is 6.50. The lowest BCUT2D eigenvalue weighted by atomic mass is 10.1. The van der Waals surface area contributed by atoms with E-state index in [1.807, 2.05) is 30.3 Å². The van der Waals surface area contributed by atoms with Crippen molar-refractivity contribution in [2.75, 3.05) is 11.9 Å². The van der Waals surface area contributed by atoms with Crippen LogP contribution in [0.2, 0.25) is 0 Å². The monoisotopic (exact) mass is 406 g/mol. The number of anilines is 1. The van der Waals surface area contributed by atoms with E-state index in [1.165, 1.54) is 6.26 Å². The molecule has 2 aromatic carbocycles. The summed E-state index contributed by atoms with van der Waals surface area (Å²) in [6, 6.07) is 19.6. The molecule has 0 aliphatic carbocycles. The van der Waals surface area contributed by atoms with Gasteiger partial charge in [-0.2, -0.15) is 0 Å². The van der Waals surface area contributed by atoms with Crippen molar-refractivity contribution < 1.29 is 23.5 Å². The van der Waals surface area contributed by atoms with E-state index < -0.39 is 18.5 Å². The van der Waals surface area contributed by atoms with Crippen LogP contribution in [0.1, 0.15) is 28.1 Å². The summed E-state index contributed by atoms with van der Waals surface area (Å²) in [5.41, 5.74) is 1.65. The number of rotatable bonds is 9. The van der Waals surface area contributed by atoms with E-state index in [0.717, 1.165) is 5.56 Å². The summed E-state index contributed by atoms with van der Waals surface area (Å²) in [6.45, 7) is -0.191. The quantitative estimate of drug-likeness (QED) is 0.531. The number of aryl methyl sites for hydroxylation is 1. The average molecular weight is 406 g/mol. The fraction of sp³-hybridized carbons (Fsp3) is 0.174. The molecule has 154 valence electrons. The summed E-state index contributed by atoms with van der Waals surface area (Å²) in [5.74, 6) is -0.720. The third-order valence-electron chi connectivity index (χ3n) is 4.27. The number of hydrogen-bond donors (Lipinski definition) is 2. The number of ether oxygens (including phenoxy) is 1. The number of benzene rings is 2. The molecule has 3 rings (SSSR count). The normalized spacial score (nSPS) is 10.3. The fourth-order valence-corrected chi connectivity index (χ4v) is 2.76. The summed E-state index contributed by atoms with van der Waals surface area (Å²) in [6.07, 6.45) is 2.25. The minimum atomic E-state index is -0.519. The van der Waals surface area contributed by atoms with Crippen molar-refractivity contribution in [3.05, 3.63) is 89.9 Å². The molecule has 0 saturated carbocycles. The van der Waals surface area contributed by atoms with Gasteiger partial charge in [0.1, 0.15) is 5.76 Å². The molecule has 0 bridgehead atoms. The smallest absolute Gasteiger partial charge is 0.306 e. The van der Waals surface area contributed by atoms with E-state index in [9.17, 15) is 14.4 Å². The summed E-state index contributed by atoms with van der Waals surface area (Å²) in [7, 11) is 0. The van der Waals surface area contributed by atoms with Crippen LogP contribution < -0.4 is 10.6 Å². The highest BCUT2D eigenvalue weighted by molar-refractivity contribution is 6.04. The Labute approximate surface area is 174 Å². The van der Waals surface area contributed by atoms with Crippen LogP contribution in [0.4, 0.5) is 5.69 Å². The first-order chi connectivity index (χ1) is 14.6. The molecule has 2 N–H and O–H groups in total. The number of amides is 2. The lowest BCUT2D eigenvalue weighted by Gasteiger charge is -2.11. The highest BCUT2D eigenvalue weighted by atomic mass is 16.5. The molecule has 0 saturated heterocycles. The van der Waals surface area contributed by atoms with Crippen molar-refractivity contribution in [1.82, 2.24) is 5.32 Å². The molecular formula is C23H22N2O5. The standard InChI is InChI=1S/C23H22N2O5/c26-21(16-30-22(27)13-12-17-7-2-1-3-8-17)25-20-11-5-4-10-19(20)23(28)24-15-18-9-6-14-29-18/h1-11,14H,12-13,15-16H2,(H,24,28)(H,25,26). The molecule has 7 nitrogen and oxygen atoms in total. The van der Waals surface area contributed by atoms with Crippen LogP contribution in [0, 0.1) is 0 Å². The van der Waals surface area contributed by atoms with Crippen molar-refractivity contribution in [3.63, 3.8) is 0 Å². The van der Waals surface area contributed by atoms with Crippen molar-refractivity contribution in [2.24, 2.45) is 0 Å². The van der Waals surface area contributed by atoms with E-state index >= 15 is 0 Å². The predicted octanol–water partition coefficient (Wildman–Crippen LogP) is 3.32. The minimum Gasteiger partial charge on any atom is -0.467 e. The Morgan fingerprint density at radius 3 is 2.43 bits per heavy atom. The SMILES string of the molecule is O=C(COC(=O)CCc1ccccc1)Nc1ccccc1C(=O)NCc1ccco1. The molecule has 0 aliphatic rings. The highest BCUT2D eigenvalue weighted by Gasteiger charge is 2.14. The third kappa shape index (κ3) is 6.34. The Hall–Kier alpha value is -3.87. The Bertz CT molecular complexity index is 984. The molecule has 0 fully saturated rings. The summed E-state index contributed by atoms with van der Waals surface area (Å²) >= 11 is 0. The molecular weight excluding hydrogens is 384 g/mol. The summed E-state index contributed by atoms with van der Waals surface area (Å²) in [5, 5.41) is 5.34. The maximum Gasteiger partial charge on any atom is 0.306 e. The minimum absolute atomic E-state index is 0.184. The van der Waals surface area contributed by atoms with E-state index in [-0.39, 0.29) is 18.9 Å². The topological polar surface area (TPSA) is 97.6 Å². The molecule has 0 spiro atoms. The van der Waals surface area contributed by atoms with Gasteiger partial charge < -0.3 is 19.8 Å². The van der Waals surface area contributed by atoms with Gasteiger partial charge in [0.25, 0.3) is 11.8 Å². The van der Waals surface area contributed by atoms with Crippen LogP contribution in [0.3, 0.4) is 0 Å². The van der Waals surface area contributed by atoms with Crippen LogP contribution >= 0.6 is 0 Å². The lowest BCUT2D eigenvalue weighted by Crippen LogP contribution is -2.26. The first-order valence-electron chi connectivity index (χ1n) is 9.51.